The van der Waals surface area contributed by atoms with Crippen LogP contribution in [0.5, 0.6) is 0 Å². The minimum absolute atomic E-state index is 0.273. The van der Waals surface area contributed by atoms with Gasteiger partial charge in [-0.1, -0.05) is 12.1 Å². The molecule has 0 radical (unpaired) electrons. The maximum absolute atomic E-state index is 13.2. The lowest BCUT2D eigenvalue weighted by atomic mass is 10.1. The number of rotatable bonds is 4. The molecular formula is C10H8F4O3. The van der Waals surface area contributed by atoms with Crippen LogP contribution in [0.25, 0.3) is 0 Å². The van der Waals surface area contributed by atoms with Crippen LogP contribution in [0, 0.1) is 0 Å². The fourth-order valence-electron chi connectivity index (χ4n) is 1.12. The fraction of sp³-hybridized carbons (Fsp3) is 0.300. The third-order valence-electron chi connectivity index (χ3n) is 2.12. The van der Waals surface area contributed by atoms with Gasteiger partial charge in [-0.05, 0) is 12.1 Å². The van der Waals surface area contributed by atoms with Gasteiger partial charge in [-0.3, -0.25) is 0 Å². The molecule has 0 saturated heterocycles. The quantitative estimate of drug-likeness (QED) is 0.838. The standard InChI is InChI=1S/C10H8F4O3/c1-17-10(13,14)9(11,12)7-4-2-6(3-5-7)8(15)16/h2-5H,1H3,(H,15,16). The summed E-state index contributed by atoms with van der Waals surface area (Å²) >= 11 is 0. The van der Waals surface area contributed by atoms with Gasteiger partial charge in [0.15, 0.2) is 0 Å². The van der Waals surface area contributed by atoms with Crippen LogP contribution in [0.15, 0.2) is 24.3 Å². The zero-order chi connectivity index (χ0) is 13.3. The molecule has 0 aromatic heterocycles. The van der Waals surface area contributed by atoms with Gasteiger partial charge in [-0.2, -0.15) is 17.6 Å². The summed E-state index contributed by atoms with van der Waals surface area (Å²) in [5.41, 5.74) is -1.29. The molecule has 3 nitrogen and oxygen atoms in total. The molecule has 1 aromatic carbocycles. The van der Waals surface area contributed by atoms with Crippen LogP contribution in [0.3, 0.4) is 0 Å². The zero-order valence-corrected chi connectivity index (χ0v) is 8.58. The Morgan fingerprint density at radius 3 is 2.00 bits per heavy atom. The molecule has 17 heavy (non-hydrogen) atoms. The van der Waals surface area contributed by atoms with Gasteiger partial charge >= 0.3 is 18.0 Å². The summed E-state index contributed by atoms with van der Waals surface area (Å²) < 4.78 is 55.5. The SMILES string of the molecule is COC(F)(F)C(F)(F)c1ccc(C(=O)O)cc1. The highest BCUT2D eigenvalue weighted by atomic mass is 19.3. The molecule has 7 heteroatoms. The summed E-state index contributed by atoms with van der Waals surface area (Å²) in [6, 6.07) is 2.88. The lowest BCUT2D eigenvalue weighted by Crippen LogP contribution is -2.39. The lowest BCUT2D eigenvalue weighted by Gasteiger charge is -2.24. The predicted molar refractivity (Wildman–Crippen MR) is 49.3 cm³/mol. The highest BCUT2D eigenvalue weighted by molar-refractivity contribution is 5.87. The topological polar surface area (TPSA) is 46.5 Å². The molecule has 0 atom stereocenters. The largest absolute Gasteiger partial charge is 0.478 e. The van der Waals surface area contributed by atoms with Crippen LogP contribution >= 0.6 is 0 Å². The first kappa shape index (κ1) is 13.4. The second-order valence-corrected chi connectivity index (χ2v) is 3.18. The van der Waals surface area contributed by atoms with E-state index in [9.17, 15) is 22.4 Å². The summed E-state index contributed by atoms with van der Waals surface area (Å²) in [4.78, 5) is 10.5. The summed E-state index contributed by atoms with van der Waals surface area (Å²) in [5, 5.41) is 8.52. The Labute approximate surface area is 93.6 Å². The number of methoxy groups -OCH3 is 1. The van der Waals surface area contributed by atoms with Crippen molar-refractivity contribution in [2.75, 3.05) is 7.11 Å². The normalized spacial score (nSPS) is 12.5. The van der Waals surface area contributed by atoms with Crippen LogP contribution in [0.1, 0.15) is 15.9 Å². The van der Waals surface area contributed by atoms with Gasteiger partial charge in [0.05, 0.1) is 5.56 Å². The van der Waals surface area contributed by atoms with E-state index in [1.54, 1.807) is 0 Å². The predicted octanol–water partition coefficient (Wildman–Crippen LogP) is 2.72. The maximum atomic E-state index is 13.2. The summed E-state index contributed by atoms with van der Waals surface area (Å²) in [6.07, 6.45) is -4.66. The van der Waals surface area contributed by atoms with Gasteiger partial charge in [0.1, 0.15) is 0 Å². The van der Waals surface area contributed by atoms with Crippen molar-refractivity contribution in [1.82, 2.24) is 0 Å². The van der Waals surface area contributed by atoms with Crippen LogP contribution in [0.4, 0.5) is 17.6 Å². The number of ether oxygens (including phenoxy) is 1. The average Bonchev–Trinajstić information content (AvgIpc) is 2.28. The van der Waals surface area contributed by atoms with E-state index >= 15 is 0 Å². The molecule has 0 bridgehead atoms. The molecule has 0 aliphatic rings. The van der Waals surface area contributed by atoms with E-state index in [-0.39, 0.29) is 5.56 Å². The number of hydrogen-bond donors (Lipinski definition) is 1. The molecule has 0 fully saturated rings. The second-order valence-electron chi connectivity index (χ2n) is 3.18. The van der Waals surface area contributed by atoms with Crippen LogP contribution in [-0.4, -0.2) is 24.3 Å². The van der Waals surface area contributed by atoms with E-state index in [1.807, 2.05) is 0 Å². The van der Waals surface area contributed by atoms with Gasteiger partial charge in [-0.15, -0.1) is 0 Å². The Hall–Kier alpha value is -1.63. The van der Waals surface area contributed by atoms with Gasteiger partial charge in [-0.25, -0.2) is 4.79 Å². The maximum Gasteiger partial charge on any atom is 0.423 e. The molecule has 94 valence electrons. The molecule has 0 saturated carbocycles. The number of carbonyl (C=O) groups is 1. The molecule has 0 amide bonds. The smallest absolute Gasteiger partial charge is 0.423 e. The van der Waals surface area contributed by atoms with E-state index in [4.69, 9.17) is 5.11 Å². The van der Waals surface area contributed by atoms with E-state index < -0.39 is 23.6 Å². The Bertz CT molecular complexity index is 414. The highest BCUT2D eigenvalue weighted by Gasteiger charge is 2.58. The summed E-state index contributed by atoms with van der Waals surface area (Å²) in [6.45, 7) is 0. The lowest BCUT2D eigenvalue weighted by molar-refractivity contribution is -0.344. The van der Waals surface area contributed by atoms with Crippen molar-refractivity contribution in [3.63, 3.8) is 0 Å². The van der Waals surface area contributed by atoms with E-state index in [2.05, 4.69) is 4.74 Å². The Morgan fingerprint density at radius 1 is 1.18 bits per heavy atom. The molecule has 1 aromatic rings. The summed E-state index contributed by atoms with van der Waals surface area (Å²) in [7, 11) is 0.458. The zero-order valence-electron chi connectivity index (χ0n) is 8.58. The van der Waals surface area contributed by atoms with Crippen molar-refractivity contribution >= 4 is 5.97 Å². The monoisotopic (exact) mass is 252 g/mol. The molecule has 0 aliphatic heterocycles. The number of carboxylic acids is 1. The minimum Gasteiger partial charge on any atom is -0.478 e. The molecule has 0 unspecified atom stereocenters. The molecular weight excluding hydrogens is 244 g/mol. The summed E-state index contributed by atoms with van der Waals surface area (Å²) in [5.74, 6) is -5.86. The molecule has 0 heterocycles. The van der Waals surface area contributed by atoms with Crippen LogP contribution in [-0.2, 0) is 10.7 Å². The Balaban J connectivity index is 3.12. The number of halogens is 4. The van der Waals surface area contributed by atoms with Crippen LogP contribution < -0.4 is 0 Å². The van der Waals surface area contributed by atoms with Gasteiger partial charge < -0.3 is 9.84 Å². The first-order valence-corrected chi connectivity index (χ1v) is 4.37. The van der Waals surface area contributed by atoms with Crippen molar-refractivity contribution in [2.24, 2.45) is 0 Å². The molecule has 0 spiro atoms. The average molecular weight is 252 g/mol. The van der Waals surface area contributed by atoms with E-state index in [1.165, 1.54) is 0 Å². The van der Waals surface area contributed by atoms with E-state index in [0.29, 0.717) is 19.2 Å². The number of carboxylic acid groups (broad SMARTS) is 1. The number of aromatic carboxylic acids is 1. The molecule has 0 aliphatic carbocycles. The third-order valence-corrected chi connectivity index (χ3v) is 2.12. The van der Waals surface area contributed by atoms with Crippen molar-refractivity contribution in [1.29, 1.82) is 0 Å². The van der Waals surface area contributed by atoms with Crippen LogP contribution in [0.2, 0.25) is 0 Å². The first-order chi connectivity index (χ1) is 7.72. The van der Waals surface area contributed by atoms with Crippen molar-refractivity contribution in [2.45, 2.75) is 12.0 Å². The molecule has 1 N–H and O–H groups in total. The number of benzene rings is 1. The van der Waals surface area contributed by atoms with E-state index in [0.717, 1.165) is 12.1 Å². The Kier molecular flexibility index (Phi) is 3.42. The highest BCUT2D eigenvalue weighted by Crippen LogP contribution is 2.43. The minimum atomic E-state index is -4.66. The van der Waals surface area contributed by atoms with Crippen molar-refractivity contribution in [3.8, 4) is 0 Å². The number of alkyl halides is 4. The van der Waals surface area contributed by atoms with Crippen molar-refractivity contribution < 1.29 is 32.2 Å². The second kappa shape index (κ2) is 4.33. The Morgan fingerprint density at radius 2 is 1.65 bits per heavy atom. The van der Waals surface area contributed by atoms with Gasteiger partial charge in [0.2, 0.25) is 0 Å². The molecule has 1 rings (SSSR count). The van der Waals surface area contributed by atoms with Crippen molar-refractivity contribution in [3.05, 3.63) is 35.4 Å². The third kappa shape index (κ3) is 2.38. The first-order valence-electron chi connectivity index (χ1n) is 4.37. The fourth-order valence-corrected chi connectivity index (χ4v) is 1.12. The van der Waals surface area contributed by atoms with Gasteiger partial charge in [0.25, 0.3) is 0 Å². The van der Waals surface area contributed by atoms with Gasteiger partial charge in [0, 0.05) is 12.7 Å². The number of hydrogen-bond acceptors (Lipinski definition) is 2.